The Labute approximate surface area is 218 Å². The Bertz CT molecular complexity index is 1360. The third-order valence-corrected chi connectivity index (χ3v) is 7.71. The summed E-state index contributed by atoms with van der Waals surface area (Å²) in [5, 5.41) is 4.39. The van der Waals surface area contributed by atoms with E-state index in [0.29, 0.717) is 50.3 Å². The Kier molecular flexibility index (Phi) is 6.54. The number of ether oxygens (including phenoxy) is 2. The van der Waals surface area contributed by atoms with Gasteiger partial charge in [-0.3, -0.25) is 5.73 Å². The van der Waals surface area contributed by atoms with Crippen LogP contribution in [0.1, 0.15) is 31.2 Å². The van der Waals surface area contributed by atoms with E-state index < -0.39 is 18.5 Å². The van der Waals surface area contributed by atoms with Gasteiger partial charge in [0.2, 0.25) is 0 Å². The topological polar surface area (TPSA) is 137 Å². The van der Waals surface area contributed by atoms with Crippen LogP contribution in [-0.2, 0) is 9.47 Å². The lowest BCUT2D eigenvalue weighted by molar-refractivity contribution is -0.172. The molecular weight excluding hydrogens is 494 g/mol. The monoisotopic (exact) mass is 524 g/mol. The van der Waals surface area contributed by atoms with Crippen LogP contribution in [0.5, 0.6) is 0 Å². The molecule has 5 N–H and O–H groups in total. The number of aliphatic imine (C=N–C) groups is 1. The molecule has 2 aromatic heterocycles. The predicted octanol–water partition coefficient (Wildman–Crippen LogP) is 3.37. The molecule has 1 unspecified atom stereocenters. The highest BCUT2D eigenvalue weighted by molar-refractivity contribution is 6.02. The molecule has 1 atom stereocenters. The summed E-state index contributed by atoms with van der Waals surface area (Å²) in [6, 6.07) is 6.05. The number of hydrogen-bond acceptors (Lipinski definition) is 10. The van der Waals surface area contributed by atoms with Gasteiger partial charge in [0, 0.05) is 42.4 Å². The summed E-state index contributed by atoms with van der Waals surface area (Å²) in [7, 11) is 0. The van der Waals surface area contributed by atoms with Gasteiger partial charge in [-0.1, -0.05) is 6.07 Å². The molecule has 3 aliphatic rings. The van der Waals surface area contributed by atoms with Gasteiger partial charge >= 0.3 is 6.61 Å². The van der Waals surface area contributed by atoms with Crippen LogP contribution in [-0.4, -0.2) is 66.0 Å². The summed E-state index contributed by atoms with van der Waals surface area (Å²) >= 11 is 0. The van der Waals surface area contributed by atoms with Gasteiger partial charge in [0.25, 0.3) is 0 Å². The van der Waals surface area contributed by atoms with Crippen molar-refractivity contribution < 1.29 is 18.3 Å². The molecule has 2 aliphatic heterocycles. The number of morpholine rings is 1. The highest BCUT2D eigenvalue weighted by Gasteiger charge is 2.40. The smallest absolute Gasteiger partial charge is 0.345 e. The number of nitrogens with one attached hydrogen (secondary N) is 1. The fourth-order valence-electron chi connectivity index (χ4n) is 5.66. The van der Waals surface area contributed by atoms with Gasteiger partial charge in [-0.05, 0) is 43.4 Å². The molecule has 0 amide bonds. The molecule has 1 saturated heterocycles. The van der Waals surface area contributed by atoms with Crippen molar-refractivity contribution in [3.8, 4) is 11.1 Å². The van der Waals surface area contributed by atoms with Crippen LogP contribution in [0.2, 0.25) is 0 Å². The number of benzene rings is 1. The van der Waals surface area contributed by atoms with Gasteiger partial charge in [0.05, 0.1) is 36.1 Å². The zero-order valence-electron chi connectivity index (χ0n) is 20.8. The number of hydrogen-bond donors (Lipinski definition) is 3. The van der Waals surface area contributed by atoms with E-state index in [0.717, 1.165) is 46.6 Å². The molecule has 10 nitrogen and oxygen atoms in total. The molecule has 38 heavy (non-hydrogen) atoms. The average molecular weight is 525 g/mol. The van der Waals surface area contributed by atoms with E-state index in [1.165, 1.54) is 0 Å². The van der Waals surface area contributed by atoms with Gasteiger partial charge in [0.1, 0.15) is 18.0 Å². The number of pyridine rings is 1. The maximum atomic E-state index is 12.7. The standard InChI is InChI=1S/C26H30F2N8O2/c27-25(28)38-17-4-2-16(3-5-17)26(30)34-13-20-22(35-26)19(12-31-23(20)29)15-1-6-18-21(11-15)32-14-33-24(18)36-7-9-37-10-8-36/h1,6,11-14,16-17,25,35H,2-5,7-10,30H2,(H2,29,31). The van der Waals surface area contributed by atoms with E-state index in [4.69, 9.17) is 20.9 Å². The van der Waals surface area contributed by atoms with Gasteiger partial charge < -0.3 is 25.4 Å². The highest BCUT2D eigenvalue weighted by Crippen LogP contribution is 2.42. The van der Waals surface area contributed by atoms with Gasteiger partial charge in [-0.25, -0.2) is 19.9 Å². The summed E-state index contributed by atoms with van der Waals surface area (Å²) in [4.78, 5) is 20.3. The average Bonchev–Trinajstić information content (AvgIpc) is 2.93. The second-order valence-electron chi connectivity index (χ2n) is 9.95. The van der Waals surface area contributed by atoms with Crippen molar-refractivity contribution in [2.75, 3.05) is 42.3 Å². The first-order valence-electron chi connectivity index (χ1n) is 12.8. The third-order valence-electron chi connectivity index (χ3n) is 7.71. The van der Waals surface area contributed by atoms with Crippen LogP contribution in [0.15, 0.2) is 35.7 Å². The van der Waals surface area contributed by atoms with Crippen molar-refractivity contribution in [2.24, 2.45) is 16.6 Å². The van der Waals surface area contributed by atoms with Crippen LogP contribution in [0.25, 0.3) is 22.0 Å². The van der Waals surface area contributed by atoms with Crippen molar-refractivity contribution in [3.05, 3.63) is 36.3 Å². The van der Waals surface area contributed by atoms with Gasteiger partial charge in [0.15, 0.2) is 5.79 Å². The molecule has 12 heteroatoms. The van der Waals surface area contributed by atoms with E-state index in [1.54, 1.807) is 18.7 Å². The number of alkyl halides is 2. The summed E-state index contributed by atoms with van der Waals surface area (Å²) in [6.07, 6.45) is 6.72. The van der Waals surface area contributed by atoms with E-state index in [2.05, 4.69) is 30.2 Å². The predicted molar refractivity (Wildman–Crippen MR) is 141 cm³/mol. The number of rotatable bonds is 5. The van der Waals surface area contributed by atoms with E-state index in [9.17, 15) is 8.78 Å². The SMILES string of the molecule is Nc1ncc(-c2ccc3c(N4CCOCC4)ncnc3c2)c2c1C=NC(N)(C1CCC(OC(F)F)CC1)N2. The molecule has 1 saturated carbocycles. The molecule has 4 heterocycles. The minimum atomic E-state index is -2.77. The van der Waals surface area contributed by atoms with Crippen molar-refractivity contribution in [1.29, 1.82) is 0 Å². The summed E-state index contributed by atoms with van der Waals surface area (Å²) in [5.41, 5.74) is 16.9. The van der Waals surface area contributed by atoms with Gasteiger partial charge in [-0.2, -0.15) is 8.78 Å². The largest absolute Gasteiger partial charge is 0.383 e. The maximum absolute atomic E-state index is 12.7. The van der Waals surface area contributed by atoms with E-state index in [1.807, 2.05) is 18.2 Å². The maximum Gasteiger partial charge on any atom is 0.345 e. The summed E-state index contributed by atoms with van der Waals surface area (Å²) < 4.78 is 35.5. The second-order valence-corrected chi connectivity index (χ2v) is 9.95. The molecule has 0 spiro atoms. The Hall–Kier alpha value is -3.48. The number of fused-ring (bicyclic) bond motifs is 2. The van der Waals surface area contributed by atoms with E-state index in [-0.39, 0.29) is 5.92 Å². The van der Waals surface area contributed by atoms with Crippen LogP contribution in [0.4, 0.5) is 26.1 Å². The quantitative estimate of drug-likeness (QED) is 0.459. The van der Waals surface area contributed by atoms with Crippen LogP contribution in [0.3, 0.4) is 0 Å². The van der Waals surface area contributed by atoms with Crippen molar-refractivity contribution >= 4 is 34.4 Å². The normalized spacial score (nSPS) is 25.4. The lowest BCUT2D eigenvalue weighted by atomic mass is 9.82. The second kappa shape index (κ2) is 10.0. The number of halogens is 2. The molecule has 3 aromatic rings. The Morgan fingerprint density at radius 3 is 2.66 bits per heavy atom. The molecule has 0 bridgehead atoms. The van der Waals surface area contributed by atoms with Crippen molar-refractivity contribution in [3.63, 3.8) is 0 Å². The molecular formula is C26H30F2N8O2. The zero-order chi connectivity index (χ0) is 26.3. The van der Waals surface area contributed by atoms with Crippen LogP contribution >= 0.6 is 0 Å². The Morgan fingerprint density at radius 1 is 1.11 bits per heavy atom. The Balaban J connectivity index is 1.31. The van der Waals surface area contributed by atoms with Crippen molar-refractivity contribution in [1.82, 2.24) is 15.0 Å². The first kappa shape index (κ1) is 24.8. The fourth-order valence-corrected chi connectivity index (χ4v) is 5.66. The molecule has 200 valence electrons. The first-order valence-corrected chi connectivity index (χ1v) is 12.8. The third kappa shape index (κ3) is 4.63. The number of nitrogens with two attached hydrogens (primary N) is 2. The number of anilines is 3. The lowest BCUT2D eigenvalue weighted by Crippen LogP contribution is -2.55. The molecule has 1 aliphatic carbocycles. The van der Waals surface area contributed by atoms with Crippen LogP contribution < -0.4 is 21.7 Å². The first-order chi connectivity index (χ1) is 18.4. The molecule has 0 radical (unpaired) electrons. The number of aromatic nitrogens is 3. The lowest BCUT2D eigenvalue weighted by Gasteiger charge is -2.41. The summed E-state index contributed by atoms with van der Waals surface area (Å²) in [5.74, 6) is 0.0642. The van der Waals surface area contributed by atoms with Gasteiger partial charge in [-0.15, -0.1) is 0 Å². The molecule has 1 aromatic carbocycles. The highest BCUT2D eigenvalue weighted by atomic mass is 19.3. The number of nitrogen functional groups attached to an aromatic ring is 1. The van der Waals surface area contributed by atoms with Crippen molar-refractivity contribution in [2.45, 2.75) is 44.2 Å². The Morgan fingerprint density at radius 2 is 1.89 bits per heavy atom. The zero-order valence-corrected chi connectivity index (χ0v) is 20.8. The minimum absolute atomic E-state index is 0.0629. The number of nitrogens with zero attached hydrogens (tertiary/aromatic N) is 5. The minimum Gasteiger partial charge on any atom is -0.383 e. The summed E-state index contributed by atoms with van der Waals surface area (Å²) in [6.45, 7) is 0.128. The fraction of sp³-hybridized carbons (Fsp3) is 0.462. The van der Waals surface area contributed by atoms with Crippen LogP contribution in [0, 0.1) is 5.92 Å². The molecule has 2 fully saturated rings. The van der Waals surface area contributed by atoms with E-state index >= 15 is 0 Å². The molecule has 6 rings (SSSR count).